The number of nitrogens with one attached hydrogen (secondary N) is 1. The lowest BCUT2D eigenvalue weighted by Crippen LogP contribution is -2.61. The molecule has 3 aliphatic heterocycles. The highest BCUT2D eigenvalue weighted by atomic mass is 79.9. The van der Waals surface area contributed by atoms with Gasteiger partial charge in [-0.05, 0) is 37.2 Å². The van der Waals surface area contributed by atoms with Gasteiger partial charge in [-0.2, -0.15) is 0 Å². The van der Waals surface area contributed by atoms with Gasteiger partial charge in [0.05, 0.1) is 36.6 Å². The van der Waals surface area contributed by atoms with E-state index in [0.29, 0.717) is 25.8 Å². The molecule has 49 heavy (non-hydrogen) atoms. The van der Waals surface area contributed by atoms with Crippen molar-refractivity contribution in [1.82, 2.24) is 15.1 Å². The summed E-state index contributed by atoms with van der Waals surface area (Å²) in [7, 11) is 0. The molecular weight excluding hydrogens is 690 g/mol. The van der Waals surface area contributed by atoms with Crippen LogP contribution in [0.25, 0.3) is 0 Å². The van der Waals surface area contributed by atoms with Gasteiger partial charge in [0, 0.05) is 23.8 Å². The molecule has 1 unspecified atom stereocenters. The highest BCUT2D eigenvalue weighted by Crippen LogP contribution is 2.61. The number of aliphatic hydroxyl groups is 1. The Morgan fingerprint density at radius 1 is 1.18 bits per heavy atom. The Morgan fingerprint density at radius 2 is 1.90 bits per heavy atom. The molecule has 5 rings (SSSR count). The number of likely N-dealkylation sites (tertiary alicyclic amines) is 1. The van der Waals surface area contributed by atoms with Gasteiger partial charge in [-0.3, -0.25) is 19.2 Å². The molecule has 10 nitrogen and oxygen atoms in total. The molecule has 11 heteroatoms. The Labute approximate surface area is 298 Å². The number of fused-ring (bicyclic) bond motifs is 1. The Balaban J connectivity index is 1.51. The number of carbonyl (C=O) groups is 4. The molecule has 1 aromatic rings. The van der Waals surface area contributed by atoms with Crippen LogP contribution in [0.5, 0.6) is 0 Å². The SMILES string of the molecule is C=CCCC(=O)OC[C@H](NC(=O)[C@@H]1[C@H]2O[C@@]3(CC2Br)[C@H](C(=O)N(CC=C)C2CCCCC2)N([C@@H](CO)[C@@H](C)CC)C(=O)[C@@H]13)c1ccccc1. The average molecular weight is 743 g/mol. The van der Waals surface area contributed by atoms with Crippen LogP contribution >= 0.6 is 15.9 Å². The van der Waals surface area contributed by atoms with E-state index in [-0.39, 0.29) is 48.2 Å². The van der Waals surface area contributed by atoms with Crippen LogP contribution in [0, 0.1) is 17.8 Å². The number of benzene rings is 1. The van der Waals surface area contributed by atoms with Gasteiger partial charge in [0.15, 0.2) is 0 Å². The van der Waals surface area contributed by atoms with Gasteiger partial charge in [-0.15, -0.1) is 13.2 Å². The molecule has 1 spiro atoms. The smallest absolute Gasteiger partial charge is 0.306 e. The van der Waals surface area contributed by atoms with E-state index in [0.717, 1.165) is 37.7 Å². The molecular formula is C38H52BrN3O7. The summed E-state index contributed by atoms with van der Waals surface area (Å²) in [6.45, 7) is 11.5. The van der Waals surface area contributed by atoms with E-state index < -0.39 is 53.5 Å². The van der Waals surface area contributed by atoms with E-state index in [9.17, 15) is 24.3 Å². The molecule has 2 N–H and O–H groups in total. The van der Waals surface area contributed by atoms with Gasteiger partial charge in [0.2, 0.25) is 17.7 Å². The number of nitrogens with zero attached hydrogens (tertiary/aromatic N) is 2. The number of allylic oxidation sites excluding steroid dienone is 1. The monoisotopic (exact) mass is 741 g/mol. The number of carbonyl (C=O) groups excluding carboxylic acids is 4. The van der Waals surface area contributed by atoms with Crippen LogP contribution in [0.3, 0.4) is 0 Å². The molecule has 1 aliphatic carbocycles. The number of hydrogen-bond acceptors (Lipinski definition) is 7. The Morgan fingerprint density at radius 3 is 2.53 bits per heavy atom. The van der Waals surface area contributed by atoms with E-state index >= 15 is 0 Å². The Bertz CT molecular complexity index is 1370. The minimum Gasteiger partial charge on any atom is -0.463 e. The summed E-state index contributed by atoms with van der Waals surface area (Å²) >= 11 is 3.78. The standard InChI is InChI=1S/C38H52BrN3O7/c1-5-8-19-30(44)48-23-28(25-15-11-9-12-16-25)40-35(45)31-32-36(46)42(29(22-43)24(4)7-3)34(38(32)21-27(39)33(31)49-38)37(47)41(20-6-2)26-17-13-10-14-18-26/h5-6,9,11-12,15-16,24,26-29,31-34,43H,1-2,7-8,10,13-14,17-23H2,3-4H3,(H,40,45)/t24-,27?,28-,29-,31-,32+,33-,34-,38+/m0/s1. The maximum atomic E-state index is 15.0. The van der Waals surface area contributed by atoms with Gasteiger partial charge in [0.1, 0.15) is 18.2 Å². The first-order chi connectivity index (χ1) is 23.6. The summed E-state index contributed by atoms with van der Waals surface area (Å²) in [4.78, 5) is 59.8. The third-order valence-electron chi connectivity index (χ3n) is 11.2. The number of esters is 1. The second-order valence-electron chi connectivity index (χ2n) is 14.1. The molecule has 268 valence electrons. The van der Waals surface area contributed by atoms with Crippen molar-refractivity contribution in [1.29, 1.82) is 0 Å². The van der Waals surface area contributed by atoms with Crippen molar-refractivity contribution in [2.75, 3.05) is 19.8 Å². The zero-order valence-corrected chi connectivity index (χ0v) is 30.4. The van der Waals surface area contributed by atoms with Crippen LogP contribution in [0.4, 0.5) is 0 Å². The third kappa shape index (κ3) is 7.26. The van der Waals surface area contributed by atoms with E-state index in [1.807, 2.05) is 49.1 Å². The van der Waals surface area contributed by atoms with Crippen LogP contribution in [-0.2, 0) is 28.7 Å². The fourth-order valence-corrected chi connectivity index (χ4v) is 9.51. The quantitative estimate of drug-likeness (QED) is 0.141. The summed E-state index contributed by atoms with van der Waals surface area (Å²) in [5, 5.41) is 13.8. The maximum absolute atomic E-state index is 15.0. The zero-order chi connectivity index (χ0) is 35.3. The van der Waals surface area contributed by atoms with Crippen molar-refractivity contribution >= 4 is 39.6 Å². The second kappa shape index (κ2) is 16.3. The fraction of sp³-hybridized carbons (Fsp3) is 0.632. The maximum Gasteiger partial charge on any atom is 0.306 e. The number of ether oxygens (including phenoxy) is 2. The van der Waals surface area contributed by atoms with Crippen molar-refractivity contribution in [3.63, 3.8) is 0 Å². The molecule has 9 atom stereocenters. The van der Waals surface area contributed by atoms with Crippen molar-refractivity contribution in [2.24, 2.45) is 17.8 Å². The van der Waals surface area contributed by atoms with Crippen LogP contribution in [0.1, 0.15) is 83.2 Å². The normalized spacial score (nSPS) is 29.5. The van der Waals surface area contributed by atoms with E-state index in [1.54, 1.807) is 17.1 Å². The molecule has 4 aliphatic rings. The van der Waals surface area contributed by atoms with E-state index in [2.05, 4.69) is 34.4 Å². The van der Waals surface area contributed by atoms with Crippen molar-refractivity contribution in [3.05, 3.63) is 61.2 Å². The van der Waals surface area contributed by atoms with Gasteiger partial charge >= 0.3 is 5.97 Å². The molecule has 3 amide bonds. The van der Waals surface area contributed by atoms with Gasteiger partial charge < -0.3 is 29.7 Å². The number of amides is 3. The van der Waals surface area contributed by atoms with Crippen LogP contribution in [-0.4, -0.2) is 93.0 Å². The Kier molecular flexibility index (Phi) is 12.4. The van der Waals surface area contributed by atoms with Crippen LogP contribution in [0.15, 0.2) is 55.6 Å². The topological polar surface area (TPSA) is 125 Å². The zero-order valence-electron chi connectivity index (χ0n) is 28.8. The summed E-state index contributed by atoms with van der Waals surface area (Å²) in [6.07, 6.45) is 9.36. The minimum atomic E-state index is -1.26. The lowest BCUT2D eigenvalue weighted by molar-refractivity contribution is -0.154. The lowest BCUT2D eigenvalue weighted by atomic mass is 9.70. The van der Waals surface area contributed by atoms with Crippen molar-refractivity contribution < 1.29 is 33.8 Å². The first-order valence-corrected chi connectivity index (χ1v) is 18.8. The Hall–Kier alpha value is -3.02. The van der Waals surface area contributed by atoms with Crippen LogP contribution in [0.2, 0.25) is 0 Å². The number of rotatable bonds is 16. The average Bonchev–Trinajstić information content (AvgIpc) is 3.71. The molecule has 0 radical (unpaired) electrons. The molecule has 2 bridgehead atoms. The number of alkyl halides is 1. The summed E-state index contributed by atoms with van der Waals surface area (Å²) in [6, 6.07) is 6.97. The number of aliphatic hydroxyl groups excluding tert-OH is 1. The predicted octanol–water partition coefficient (Wildman–Crippen LogP) is 4.86. The largest absolute Gasteiger partial charge is 0.463 e. The van der Waals surface area contributed by atoms with Crippen molar-refractivity contribution in [3.8, 4) is 0 Å². The fourth-order valence-electron chi connectivity index (χ4n) is 8.57. The van der Waals surface area contributed by atoms with E-state index in [4.69, 9.17) is 9.47 Å². The highest BCUT2D eigenvalue weighted by molar-refractivity contribution is 9.09. The third-order valence-corrected chi connectivity index (χ3v) is 12.1. The molecule has 1 saturated carbocycles. The minimum absolute atomic E-state index is 0.0149. The first-order valence-electron chi connectivity index (χ1n) is 17.9. The van der Waals surface area contributed by atoms with E-state index in [1.165, 1.54) is 0 Å². The van der Waals surface area contributed by atoms with Gasteiger partial charge in [0.25, 0.3) is 0 Å². The summed E-state index contributed by atoms with van der Waals surface area (Å²) < 4.78 is 12.4. The van der Waals surface area contributed by atoms with Crippen molar-refractivity contribution in [2.45, 2.75) is 112 Å². The molecule has 3 saturated heterocycles. The molecule has 1 aromatic carbocycles. The number of halogens is 1. The highest BCUT2D eigenvalue weighted by Gasteiger charge is 2.77. The summed E-state index contributed by atoms with van der Waals surface area (Å²) in [5.74, 6) is -3.30. The van der Waals surface area contributed by atoms with Gasteiger partial charge in [-0.1, -0.05) is 97.9 Å². The first kappa shape index (κ1) is 37.2. The second-order valence-corrected chi connectivity index (χ2v) is 15.3. The number of hydrogen-bond donors (Lipinski definition) is 2. The predicted molar refractivity (Wildman–Crippen MR) is 189 cm³/mol. The molecule has 3 heterocycles. The van der Waals surface area contributed by atoms with Gasteiger partial charge in [-0.25, -0.2) is 0 Å². The summed E-state index contributed by atoms with van der Waals surface area (Å²) in [5.41, 5.74) is -0.512. The van der Waals surface area contributed by atoms with Crippen LogP contribution < -0.4 is 5.32 Å². The molecule has 4 fully saturated rings. The lowest BCUT2D eigenvalue weighted by Gasteiger charge is -2.43. The molecule has 0 aromatic heterocycles.